The van der Waals surface area contributed by atoms with E-state index in [4.69, 9.17) is 5.73 Å². The lowest BCUT2D eigenvalue weighted by Gasteiger charge is -2.11. The Morgan fingerprint density at radius 2 is 1.94 bits per heavy atom. The van der Waals surface area contributed by atoms with E-state index in [0.717, 1.165) is 16.7 Å². The number of aromatic nitrogens is 1. The van der Waals surface area contributed by atoms with Gasteiger partial charge in [0.1, 0.15) is 11.4 Å². The minimum atomic E-state index is -1.06. The maximum atomic E-state index is 11.3. The number of nitrogens with zero attached hydrogens (tertiary/aromatic N) is 1. The van der Waals surface area contributed by atoms with E-state index in [1.54, 1.807) is 6.07 Å². The second-order valence-corrected chi connectivity index (χ2v) is 4.24. The molecule has 0 atom stereocenters. The smallest absolute Gasteiger partial charge is 0.340 e. The Hall–Kier alpha value is -2.36. The first-order valence-corrected chi connectivity index (χ1v) is 5.56. The molecule has 4 nitrogen and oxygen atoms in total. The minimum Gasteiger partial charge on any atom is -0.478 e. The SMILES string of the molecule is Cc1ccc(C)c(-c2ccnc(N)c2C(=O)O)c1. The fourth-order valence-electron chi connectivity index (χ4n) is 1.95. The van der Waals surface area contributed by atoms with E-state index in [9.17, 15) is 9.90 Å². The number of rotatable bonds is 2. The van der Waals surface area contributed by atoms with Gasteiger partial charge in [0.2, 0.25) is 0 Å². The van der Waals surface area contributed by atoms with E-state index in [2.05, 4.69) is 4.98 Å². The topological polar surface area (TPSA) is 76.2 Å². The molecule has 1 aromatic carbocycles. The molecule has 0 aliphatic carbocycles. The number of aromatic carboxylic acids is 1. The minimum absolute atomic E-state index is 0.0425. The van der Waals surface area contributed by atoms with Gasteiger partial charge in [-0.3, -0.25) is 0 Å². The summed E-state index contributed by atoms with van der Waals surface area (Å²) in [4.78, 5) is 15.1. The van der Waals surface area contributed by atoms with Gasteiger partial charge in [-0.25, -0.2) is 9.78 Å². The Bertz CT molecular complexity index is 621. The molecule has 0 radical (unpaired) electrons. The summed E-state index contributed by atoms with van der Waals surface area (Å²) < 4.78 is 0. The maximum absolute atomic E-state index is 11.3. The molecule has 1 aromatic heterocycles. The van der Waals surface area contributed by atoms with Gasteiger partial charge >= 0.3 is 5.97 Å². The van der Waals surface area contributed by atoms with Crippen LogP contribution >= 0.6 is 0 Å². The molecule has 18 heavy (non-hydrogen) atoms. The van der Waals surface area contributed by atoms with E-state index in [1.807, 2.05) is 32.0 Å². The number of nitrogens with two attached hydrogens (primary N) is 1. The summed E-state index contributed by atoms with van der Waals surface area (Å²) in [7, 11) is 0. The number of carbonyl (C=O) groups is 1. The molecule has 0 spiro atoms. The van der Waals surface area contributed by atoms with Crippen molar-refractivity contribution in [3.8, 4) is 11.1 Å². The van der Waals surface area contributed by atoms with Gasteiger partial charge in [-0.1, -0.05) is 23.8 Å². The third-order valence-corrected chi connectivity index (χ3v) is 2.88. The average molecular weight is 242 g/mol. The number of carboxylic acids is 1. The van der Waals surface area contributed by atoms with Crippen LogP contribution in [0.2, 0.25) is 0 Å². The second kappa shape index (κ2) is 4.49. The summed E-state index contributed by atoms with van der Waals surface area (Å²) in [6.07, 6.45) is 1.53. The van der Waals surface area contributed by atoms with E-state index in [0.29, 0.717) is 5.56 Å². The van der Waals surface area contributed by atoms with Gasteiger partial charge < -0.3 is 10.8 Å². The first kappa shape index (κ1) is 12.1. The maximum Gasteiger partial charge on any atom is 0.340 e. The Kier molecular flexibility index (Phi) is 3.02. The lowest BCUT2D eigenvalue weighted by Crippen LogP contribution is -2.07. The molecule has 2 rings (SSSR count). The summed E-state index contributed by atoms with van der Waals surface area (Å²) >= 11 is 0. The van der Waals surface area contributed by atoms with Gasteiger partial charge in [0.05, 0.1) is 0 Å². The normalized spacial score (nSPS) is 10.3. The van der Waals surface area contributed by atoms with E-state index in [-0.39, 0.29) is 11.4 Å². The van der Waals surface area contributed by atoms with Crippen LogP contribution in [0.3, 0.4) is 0 Å². The molecule has 0 saturated carbocycles. The van der Waals surface area contributed by atoms with Crippen LogP contribution in [0.25, 0.3) is 11.1 Å². The lowest BCUT2D eigenvalue weighted by molar-refractivity contribution is 0.0698. The molecular formula is C14H14N2O2. The van der Waals surface area contributed by atoms with Crippen LogP contribution in [0.1, 0.15) is 21.5 Å². The van der Waals surface area contributed by atoms with E-state index < -0.39 is 5.97 Å². The number of carboxylic acid groups (broad SMARTS) is 1. The zero-order chi connectivity index (χ0) is 13.3. The van der Waals surface area contributed by atoms with Crippen molar-refractivity contribution < 1.29 is 9.90 Å². The third kappa shape index (κ3) is 2.05. The number of anilines is 1. The number of hydrogen-bond acceptors (Lipinski definition) is 3. The number of benzene rings is 1. The molecule has 0 bridgehead atoms. The van der Waals surface area contributed by atoms with Crippen LogP contribution in [-0.4, -0.2) is 16.1 Å². The average Bonchev–Trinajstić information content (AvgIpc) is 2.31. The molecule has 0 aliphatic rings. The molecule has 0 unspecified atom stereocenters. The van der Waals surface area contributed by atoms with Crippen molar-refractivity contribution in [1.82, 2.24) is 4.98 Å². The number of nitrogen functional groups attached to an aromatic ring is 1. The van der Waals surface area contributed by atoms with Crippen molar-refractivity contribution in [2.45, 2.75) is 13.8 Å². The van der Waals surface area contributed by atoms with Gasteiger partial charge in [-0.05, 0) is 31.0 Å². The Labute approximate surface area is 105 Å². The van der Waals surface area contributed by atoms with Gasteiger partial charge in [-0.15, -0.1) is 0 Å². The summed E-state index contributed by atoms with van der Waals surface area (Å²) in [6.45, 7) is 3.91. The van der Waals surface area contributed by atoms with Crippen LogP contribution in [0.4, 0.5) is 5.82 Å². The molecule has 0 fully saturated rings. The van der Waals surface area contributed by atoms with Crippen molar-refractivity contribution in [3.05, 3.63) is 47.2 Å². The monoisotopic (exact) mass is 242 g/mol. The van der Waals surface area contributed by atoms with E-state index in [1.165, 1.54) is 6.20 Å². The molecule has 0 saturated heterocycles. The number of aryl methyl sites for hydroxylation is 2. The van der Waals surface area contributed by atoms with Crippen molar-refractivity contribution in [2.24, 2.45) is 0 Å². The summed E-state index contributed by atoms with van der Waals surface area (Å²) in [5.41, 5.74) is 9.28. The standard InChI is InChI=1S/C14H14N2O2/c1-8-3-4-9(2)11(7-8)10-5-6-16-13(15)12(10)14(17)18/h3-7H,1-2H3,(H2,15,16)(H,17,18). The Balaban J connectivity index is 2.75. The lowest BCUT2D eigenvalue weighted by atomic mass is 9.95. The molecule has 0 amide bonds. The highest BCUT2D eigenvalue weighted by molar-refractivity contribution is 6.00. The van der Waals surface area contributed by atoms with Crippen molar-refractivity contribution >= 4 is 11.8 Å². The number of hydrogen-bond donors (Lipinski definition) is 2. The largest absolute Gasteiger partial charge is 0.478 e. The quantitative estimate of drug-likeness (QED) is 0.848. The van der Waals surface area contributed by atoms with Crippen molar-refractivity contribution in [3.63, 3.8) is 0 Å². The molecule has 0 aliphatic heterocycles. The highest BCUT2D eigenvalue weighted by atomic mass is 16.4. The summed E-state index contributed by atoms with van der Waals surface area (Å²) in [5, 5.41) is 9.25. The van der Waals surface area contributed by atoms with Gasteiger partial charge in [0, 0.05) is 11.8 Å². The first-order valence-electron chi connectivity index (χ1n) is 5.56. The molecule has 2 aromatic rings. The highest BCUT2D eigenvalue weighted by Gasteiger charge is 2.17. The van der Waals surface area contributed by atoms with Crippen LogP contribution < -0.4 is 5.73 Å². The van der Waals surface area contributed by atoms with Crippen LogP contribution in [0.5, 0.6) is 0 Å². The molecule has 4 heteroatoms. The molecule has 1 heterocycles. The Morgan fingerprint density at radius 3 is 2.61 bits per heavy atom. The zero-order valence-electron chi connectivity index (χ0n) is 10.3. The first-order chi connectivity index (χ1) is 8.50. The Morgan fingerprint density at radius 1 is 1.22 bits per heavy atom. The number of pyridine rings is 1. The van der Waals surface area contributed by atoms with Gasteiger partial charge in [0.15, 0.2) is 0 Å². The zero-order valence-corrected chi connectivity index (χ0v) is 10.3. The van der Waals surface area contributed by atoms with Gasteiger partial charge in [0.25, 0.3) is 0 Å². The van der Waals surface area contributed by atoms with E-state index >= 15 is 0 Å². The van der Waals surface area contributed by atoms with Crippen LogP contribution in [0.15, 0.2) is 30.5 Å². The predicted molar refractivity (Wildman–Crippen MR) is 70.5 cm³/mol. The van der Waals surface area contributed by atoms with Crippen molar-refractivity contribution in [2.75, 3.05) is 5.73 Å². The predicted octanol–water partition coefficient (Wildman–Crippen LogP) is 2.65. The van der Waals surface area contributed by atoms with Crippen LogP contribution in [0, 0.1) is 13.8 Å². The molecule has 3 N–H and O–H groups in total. The van der Waals surface area contributed by atoms with Crippen LogP contribution in [-0.2, 0) is 0 Å². The summed E-state index contributed by atoms with van der Waals surface area (Å²) in [5.74, 6) is -1.02. The third-order valence-electron chi connectivity index (χ3n) is 2.88. The molecule has 92 valence electrons. The second-order valence-electron chi connectivity index (χ2n) is 4.24. The fraction of sp³-hybridized carbons (Fsp3) is 0.143. The summed E-state index contributed by atoms with van der Waals surface area (Å²) in [6, 6.07) is 7.59. The van der Waals surface area contributed by atoms with Gasteiger partial charge in [-0.2, -0.15) is 0 Å². The van der Waals surface area contributed by atoms with Crippen molar-refractivity contribution in [1.29, 1.82) is 0 Å². The fourth-order valence-corrected chi connectivity index (χ4v) is 1.95. The highest BCUT2D eigenvalue weighted by Crippen LogP contribution is 2.29. The molecular weight excluding hydrogens is 228 g/mol.